The first-order valence-corrected chi connectivity index (χ1v) is 11.0. The highest BCUT2D eigenvalue weighted by molar-refractivity contribution is 5.97. The van der Waals surface area contributed by atoms with E-state index in [1.807, 2.05) is 48.8 Å². The van der Waals surface area contributed by atoms with E-state index in [9.17, 15) is 4.79 Å². The average Bonchev–Trinajstić information content (AvgIpc) is 3.52. The van der Waals surface area contributed by atoms with Crippen LogP contribution in [0.5, 0.6) is 0 Å². The number of imidazole rings is 1. The Labute approximate surface area is 191 Å². The van der Waals surface area contributed by atoms with E-state index >= 15 is 0 Å². The first kappa shape index (κ1) is 21.1. The summed E-state index contributed by atoms with van der Waals surface area (Å²) >= 11 is 0. The lowest BCUT2D eigenvalue weighted by molar-refractivity contribution is 0.0939. The minimum atomic E-state index is -0.329. The third kappa shape index (κ3) is 3.93. The van der Waals surface area contributed by atoms with E-state index in [4.69, 9.17) is 10.7 Å². The van der Waals surface area contributed by atoms with Crippen LogP contribution < -0.4 is 11.1 Å². The number of likely N-dealkylation sites (tertiary alicyclic amines) is 1. The Morgan fingerprint density at radius 1 is 1.24 bits per heavy atom. The van der Waals surface area contributed by atoms with Gasteiger partial charge in [-0.15, -0.1) is 0 Å². The summed E-state index contributed by atoms with van der Waals surface area (Å²) in [5.41, 5.74) is 10.3. The molecule has 3 N–H and O–H groups in total. The van der Waals surface area contributed by atoms with Gasteiger partial charge in [0.25, 0.3) is 5.91 Å². The summed E-state index contributed by atoms with van der Waals surface area (Å²) in [7, 11) is 2.07. The van der Waals surface area contributed by atoms with Crippen LogP contribution in [-0.2, 0) is 0 Å². The van der Waals surface area contributed by atoms with Crippen LogP contribution in [-0.4, -0.2) is 66.1 Å². The number of carbonyl (C=O) groups excluding carboxylic acids is 1. The summed E-state index contributed by atoms with van der Waals surface area (Å²) in [5, 5.41) is 7.47. The maximum Gasteiger partial charge on any atom is 0.273 e. The van der Waals surface area contributed by atoms with Crippen molar-refractivity contribution in [3.05, 3.63) is 53.9 Å². The van der Waals surface area contributed by atoms with Gasteiger partial charge in [0.05, 0.1) is 5.69 Å². The van der Waals surface area contributed by atoms with Gasteiger partial charge in [-0.25, -0.2) is 19.6 Å². The van der Waals surface area contributed by atoms with Gasteiger partial charge in [-0.1, -0.05) is 0 Å². The van der Waals surface area contributed by atoms with E-state index in [1.165, 1.54) is 0 Å². The van der Waals surface area contributed by atoms with Gasteiger partial charge in [0.15, 0.2) is 17.3 Å². The minimum absolute atomic E-state index is 0.0686. The first-order valence-electron chi connectivity index (χ1n) is 11.0. The summed E-state index contributed by atoms with van der Waals surface area (Å²) in [6.07, 6.45) is 7.75. The van der Waals surface area contributed by atoms with Crippen LogP contribution in [0.15, 0.2) is 36.8 Å². The summed E-state index contributed by atoms with van der Waals surface area (Å²) < 4.78 is 3.61. The Morgan fingerprint density at radius 3 is 2.82 bits per heavy atom. The zero-order chi connectivity index (χ0) is 23.1. The number of nitrogens with one attached hydrogen (secondary N) is 1. The second-order valence-corrected chi connectivity index (χ2v) is 8.56. The molecule has 0 aromatic carbocycles. The number of pyridine rings is 1. The second kappa shape index (κ2) is 8.28. The van der Waals surface area contributed by atoms with Crippen molar-refractivity contribution in [3.63, 3.8) is 0 Å². The summed E-state index contributed by atoms with van der Waals surface area (Å²) in [5.74, 6) is 0.202. The number of aryl methyl sites for hydroxylation is 2. The number of nitrogen functional groups attached to an aromatic ring is 1. The minimum Gasteiger partial charge on any atom is -0.382 e. The number of aromatic nitrogens is 6. The molecule has 4 aromatic heterocycles. The molecule has 10 heteroatoms. The van der Waals surface area contributed by atoms with Crippen LogP contribution in [0.25, 0.3) is 22.7 Å². The van der Waals surface area contributed by atoms with Crippen molar-refractivity contribution in [2.75, 3.05) is 25.9 Å². The molecule has 0 bridgehead atoms. The Kier molecular flexibility index (Phi) is 5.29. The number of likely N-dealkylation sites (N-methyl/N-ethyl adjacent to an activating group) is 1. The fraction of sp³-hybridized carbons (Fsp3) is 0.348. The normalized spacial score (nSPS) is 16.5. The molecule has 0 radical (unpaired) electrons. The smallest absolute Gasteiger partial charge is 0.273 e. The predicted octanol–water partition coefficient (Wildman–Crippen LogP) is 2.00. The highest BCUT2D eigenvalue weighted by Gasteiger charge is 2.24. The largest absolute Gasteiger partial charge is 0.382 e. The summed E-state index contributed by atoms with van der Waals surface area (Å²) in [4.78, 5) is 28.9. The predicted molar refractivity (Wildman–Crippen MR) is 125 cm³/mol. The molecule has 1 aliphatic rings. The van der Waals surface area contributed by atoms with E-state index < -0.39 is 0 Å². The summed E-state index contributed by atoms with van der Waals surface area (Å²) in [6, 6.07) is 6.02. The van der Waals surface area contributed by atoms with E-state index in [2.05, 4.69) is 32.3 Å². The number of amides is 1. The first-order chi connectivity index (χ1) is 15.9. The van der Waals surface area contributed by atoms with Crippen LogP contribution in [0, 0.1) is 13.8 Å². The summed E-state index contributed by atoms with van der Waals surface area (Å²) in [6.45, 7) is 5.47. The van der Waals surface area contributed by atoms with Crippen molar-refractivity contribution in [2.45, 2.75) is 32.7 Å². The molecule has 170 valence electrons. The average molecular weight is 446 g/mol. The third-order valence-electron chi connectivity index (χ3n) is 6.19. The van der Waals surface area contributed by atoms with Crippen molar-refractivity contribution < 1.29 is 4.79 Å². The standard InChI is InChI=1S/C23H27N9O/c1-14-8-10-32(29-14)22-19(16-6-7-18-25-11-15(2)31(18)13-16)27-20(21(24)28-22)23(33)26-12-17-5-4-9-30(17)3/h6-8,10-11,13,17H,4-5,9,12H2,1-3H3,(H2,24,28)(H,26,33)/t17-/m1/s1. The SMILES string of the molecule is Cc1ccn(-c2nc(N)c(C(=O)NC[C@H]3CCCN3C)nc2-c2ccc3ncc(C)n3c2)n1. The van der Waals surface area contributed by atoms with Gasteiger partial charge in [-0.3, -0.25) is 4.79 Å². The Morgan fingerprint density at radius 2 is 2.09 bits per heavy atom. The lowest BCUT2D eigenvalue weighted by atomic mass is 10.2. The third-order valence-corrected chi connectivity index (χ3v) is 6.19. The van der Waals surface area contributed by atoms with Gasteiger partial charge in [-0.2, -0.15) is 5.10 Å². The van der Waals surface area contributed by atoms with E-state index in [-0.39, 0.29) is 17.4 Å². The molecule has 0 aliphatic carbocycles. The molecular formula is C23H27N9O. The van der Waals surface area contributed by atoms with Crippen LogP contribution in [0.1, 0.15) is 34.7 Å². The van der Waals surface area contributed by atoms with Crippen molar-refractivity contribution in [1.29, 1.82) is 0 Å². The maximum absolute atomic E-state index is 13.0. The van der Waals surface area contributed by atoms with E-state index in [0.29, 0.717) is 24.1 Å². The number of rotatable bonds is 5. The molecule has 33 heavy (non-hydrogen) atoms. The molecule has 4 aromatic rings. The van der Waals surface area contributed by atoms with Gasteiger partial charge in [0, 0.05) is 42.4 Å². The van der Waals surface area contributed by atoms with Gasteiger partial charge < -0.3 is 20.4 Å². The molecule has 0 spiro atoms. The number of hydrogen-bond acceptors (Lipinski definition) is 7. The number of nitrogens with two attached hydrogens (primary N) is 1. The molecule has 0 saturated carbocycles. The van der Waals surface area contributed by atoms with Crippen LogP contribution in [0.4, 0.5) is 5.82 Å². The lowest BCUT2D eigenvalue weighted by Crippen LogP contribution is -2.38. The number of anilines is 1. The van der Waals surface area contributed by atoms with Crippen LogP contribution in [0.3, 0.4) is 0 Å². The molecule has 1 fully saturated rings. The molecule has 1 amide bonds. The van der Waals surface area contributed by atoms with Crippen molar-refractivity contribution in [2.24, 2.45) is 0 Å². The van der Waals surface area contributed by atoms with Gasteiger partial charge in [0.2, 0.25) is 0 Å². The fourth-order valence-corrected chi connectivity index (χ4v) is 4.27. The van der Waals surface area contributed by atoms with E-state index in [0.717, 1.165) is 42.0 Å². The quantitative estimate of drug-likeness (QED) is 0.482. The molecule has 5 heterocycles. The molecule has 1 atom stereocenters. The Balaban J connectivity index is 1.57. The molecule has 1 aliphatic heterocycles. The van der Waals surface area contributed by atoms with Gasteiger partial charge in [0.1, 0.15) is 11.3 Å². The molecule has 10 nitrogen and oxygen atoms in total. The highest BCUT2D eigenvalue weighted by Crippen LogP contribution is 2.26. The monoisotopic (exact) mass is 445 g/mol. The van der Waals surface area contributed by atoms with Crippen molar-refractivity contribution in [3.8, 4) is 17.1 Å². The number of carbonyl (C=O) groups is 1. The van der Waals surface area contributed by atoms with E-state index in [1.54, 1.807) is 10.9 Å². The number of nitrogens with zero attached hydrogens (tertiary/aromatic N) is 7. The number of hydrogen-bond donors (Lipinski definition) is 2. The number of fused-ring (bicyclic) bond motifs is 1. The maximum atomic E-state index is 13.0. The zero-order valence-electron chi connectivity index (χ0n) is 19.0. The zero-order valence-corrected chi connectivity index (χ0v) is 19.0. The van der Waals surface area contributed by atoms with Crippen molar-refractivity contribution in [1.82, 2.24) is 39.3 Å². The fourth-order valence-electron chi connectivity index (χ4n) is 4.27. The molecule has 5 rings (SSSR count). The molecule has 0 unspecified atom stereocenters. The Bertz CT molecular complexity index is 1340. The second-order valence-electron chi connectivity index (χ2n) is 8.56. The Hall–Kier alpha value is -3.79. The van der Waals surface area contributed by atoms with Crippen LogP contribution in [0.2, 0.25) is 0 Å². The molecular weight excluding hydrogens is 418 g/mol. The van der Waals surface area contributed by atoms with Gasteiger partial charge in [-0.05, 0) is 58.5 Å². The molecule has 1 saturated heterocycles. The van der Waals surface area contributed by atoms with Crippen molar-refractivity contribution >= 4 is 17.4 Å². The topological polar surface area (TPSA) is 119 Å². The van der Waals surface area contributed by atoms with Crippen LogP contribution >= 0.6 is 0 Å². The highest BCUT2D eigenvalue weighted by atomic mass is 16.1. The lowest BCUT2D eigenvalue weighted by Gasteiger charge is -2.20. The van der Waals surface area contributed by atoms with Gasteiger partial charge >= 0.3 is 0 Å².